The van der Waals surface area contributed by atoms with E-state index < -0.39 is 3.25 Å². The van der Waals surface area contributed by atoms with E-state index in [-0.39, 0.29) is 23.1 Å². The second-order valence-electron chi connectivity index (χ2n) is 4.23. The maximum Gasteiger partial charge on any atom is 0.268 e. The van der Waals surface area contributed by atoms with E-state index in [9.17, 15) is 18.9 Å². The lowest BCUT2D eigenvalue weighted by molar-refractivity contribution is -0.120. The monoisotopic (exact) mass is 845 g/mol. The van der Waals surface area contributed by atoms with Crippen molar-refractivity contribution in [3.63, 3.8) is 0 Å². The summed E-state index contributed by atoms with van der Waals surface area (Å²) in [5, 5.41) is 4.28. The number of thioether (sulfide) groups is 1. The average molecular weight is 852 g/mol. The van der Waals surface area contributed by atoms with Crippen LogP contribution in [0.3, 0.4) is 0 Å². The van der Waals surface area contributed by atoms with Gasteiger partial charge in [-0.15, -0.1) is 22.7 Å². The van der Waals surface area contributed by atoms with Crippen LogP contribution in [-0.4, -0.2) is 32.4 Å². The predicted molar refractivity (Wildman–Crippen MR) is 139 cm³/mol. The topological polar surface area (TPSA) is 94.1 Å². The number of Topliss-reactive ketones (excluding diaryl/α,β-unsaturated/α-hetero) is 2. The Labute approximate surface area is 222 Å². The lowest BCUT2D eigenvalue weighted by Gasteiger charge is -1.79. The van der Waals surface area contributed by atoms with Gasteiger partial charge in [-0.2, -0.15) is 0 Å². The number of carbonyl (C=O) groups is 3. The molecule has 0 bridgehead atoms. The fourth-order valence-corrected chi connectivity index (χ4v) is 4.60. The number of rotatable bonds is 1. The van der Waals surface area contributed by atoms with E-state index in [2.05, 4.69) is 104 Å². The van der Waals surface area contributed by atoms with Crippen LogP contribution >= 0.6 is 132 Å². The second-order valence-corrected chi connectivity index (χ2v) is 28.2. The maximum atomic E-state index is 10.6. The van der Waals surface area contributed by atoms with Crippen molar-refractivity contribution in [1.82, 2.24) is 9.97 Å². The Morgan fingerprint density at radius 3 is 1.68 bits per heavy atom. The van der Waals surface area contributed by atoms with Crippen molar-refractivity contribution in [1.29, 1.82) is 0 Å². The first-order valence-corrected chi connectivity index (χ1v) is 19.4. The highest BCUT2D eigenvalue weighted by Gasteiger charge is 2.18. The van der Waals surface area contributed by atoms with Crippen molar-refractivity contribution in [2.45, 2.75) is 13.3 Å². The zero-order valence-electron chi connectivity index (χ0n) is 13.5. The SMILES string of the molecule is Brc1csc(Br)n1.CC(=O)c1nc(Br)cs1.O=C1CSC(=O)C1.O=P(Br)(Br)Br. The summed E-state index contributed by atoms with van der Waals surface area (Å²) in [7, 11) is 0. The van der Waals surface area contributed by atoms with Gasteiger partial charge in [0.1, 0.15) is 9.21 Å². The van der Waals surface area contributed by atoms with Gasteiger partial charge in [-0.25, -0.2) is 9.97 Å². The van der Waals surface area contributed by atoms with Crippen LogP contribution in [0, 0.1) is 0 Å². The third kappa shape index (κ3) is 18.5. The largest absolute Gasteiger partial charge is 0.298 e. The van der Waals surface area contributed by atoms with E-state index in [1.165, 1.54) is 18.3 Å². The molecule has 6 nitrogen and oxygen atoms in total. The molecule has 0 spiro atoms. The first kappa shape index (κ1) is 29.7. The number of nitrogens with zero attached hydrogens (tertiary/aromatic N) is 2. The Morgan fingerprint density at radius 1 is 1.04 bits per heavy atom. The molecule has 0 radical (unpaired) electrons. The molecule has 0 unspecified atom stereocenters. The smallest absolute Gasteiger partial charge is 0.268 e. The molecule has 1 aliphatic heterocycles. The van der Waals surface area contributed by atoms with Gasteiger partial charge in [0.05, 0.1) is 12.2 Å². The Bertz CT molecular complexity index is 817. The maximum absolute atomic E-state index is 10.6. The van der Waals surface area contributed by atoms with Crippen LogP contribution in [0.25, 0.3) is 0 Å². The van der Waals surface area contributed by atoms with Crippen molar-refractivity contribution in [3.05, 3.63) is 28.9 Å². The Balaban J connectivity index is 0.000000355. The molecule has 156 valence electrons. The number of carbonyl (C=O) groups excluding carboxylic acids is 3. The second kappa shape index (κ2) is 15.5. The summed E-state index contributed by atoms with van der Waals surface area (Å²) >= 11 is 21.9. The lowest BCUT2D eigenvalue weighted by Crippen LogP contribution is -1.91. The molecule has 1 aliphatic rings. The number of aromatic nitrogens is 2. The molecule has 0 aliphatic carbocycles. The van der Waals surface area contributed by atoms with Crippen LogP contribution < -0.4 is 0 Å². The van der Waals surface area contributed by atoms with E-state index in [4.69, 9.17) is 0 Å². The quantitative estimate of drug-likeness (QED) is 0.162. The van der Waals surface area contributed by atoms with E-state index in [0.717, 1.165) is 24.9 Å². The molecule has 16 heteroatoms. The number of ketones is 2. The van der Waals surface area contributed by atoms with Crippen molar-refractivity contribution >= 4 is 149 Å². The van der Waals surface area contributed by atoms with Crippen LogP contribution in [0.5, 0.6) is 0 Å². The standard InChI is InChI=1S/C5H4BrNOS.C4H4O2S.C3HBr2NS.Br3OP/c1-3(8)5-7-4(6)2-9-5;5-3-1-4(6)7-2-3;4-2-1-7-3(5)6-2;1-5(2,3)4/h2H,1H3;1-2H2;1H;. The number of hydrogen-bond acceptors (Lipinski definition) is 9. The highest BCUT2D eigenvalue weighted by atomic mass is 80.0. The summed E-state index contributed by atoms with van der Waals surface area (Å²) in [6.07, 6.45) is 0.157. The van der Waals surface area contributed by atoms with E-state index in [1.807, 2.05) is 5.38 Å². The third-order valence-corrected chi connectivity index (χ3v) is 6.62. The van der Waals surface area contributed by atoms with E-state index >= 15 is 0 Å². The zero-order valence-corrected chi connectivity index (χ0v) is 26.4. The first-order chi connectivity index (χ1) is 12.8. The summed E-state index contributed by atoms with van der Waals surface area (Å²) in [5.41, 5.74) is 0. The Morgan fingerprint density at radius 2 is 1.54 bits per heavy atom. The third-order valence-electron chi connectivity index (χ3n) is 1.96. The van der Waals surface area contributed by atoms with E-state index in [1.54, 1.807) is 16.7 Å². The molecule has 2 aromatic rings. The minimum absolute atomic E-state index is 0.0185. The first-order valence-electron chi connectivity index (χ1n) is 6.52. The number of hydrogen-bond donors (Lipinski definition) is 0. The van der Waals surface area contributed by atoms with Crippen molar-refractivity contribution in [3.8, 4) is 0 Å². The molecule has 2 aromatic heterocycles. The number of thiazole rings is 2. The Kier molecular flexibility index (Phi) is 16.5. The summed E-state index contributed by atoms with van der Waals surface area (Å²) in [6, 6.07) is 0. The van der Waals surface area contributed by atoms with Gasteiger partial charge in [-0.1, -0.05) is 11.8 Å². The normalized spacial score (nSPS) is 12.8. The molecule has 1 saturated heterocycles. The molecule has 28 heavy (non-hydrogen) atoms. The molecule has 3 rings (SSSR count). The summed E-state index contributed by atoms with van der Waals surface area (Å²) in [4.78, 5) is 38.9. The molecule has 0 aromatic carbocycles. The summed E-state index contributed by atoms with van der Waals surface area (Å²) < 4.78 is 10.3. The lowest BCUT2D eigenvalue weighted by atomic mass is 10.3. The zero-order chi connectivity index (χ0) is 21.9. The molecule has 1 fully saturated rings. The molecule has 3 heterocycles. The van der Waals surface area contributed by atoms with Crippen LogP contribution in [0.2, 0.25) is 0 Å². The number of halogens is 6. The average Bonchev–Trinajstić information content (AvgIpc) is 3.22. The van der Waals surface area contributed by atoms with Crippen LogP contribution in [0.1, 0.15) is 23.1 Å². The van der Waals surface area contributed by atoms with Crippen LogP contribution in [-0.2, 0) is 14.2 Å². The molecule has 0 atom stereocenters. The van der Waals surface area contributed by atoms with Crippen LogP contribution in [0.15, 0.2) is 23.9 Å². The van der Waals surface area contributed by atoms with Gasteiger partial charge >= 0.3 is 0 Å². The highest BCUT2D eigenvalue weighted by molar-refractivity contribution is 9.94. The molecule has 0 amide bonds. The predicted octanol–water partition coefficient (Wildman–Crippen LogP) is 8.27. The minimum atomic E-state index is -2.20. The van der Waals surface area contributed by atoms with E-state index in [0.29, 0.717) is 10.8 Å². The Hall–Kier alpha value is 1.73. The molecular formula is C12H9Br6N2O4PS3. The fraction of sp³-hybridized carbons (Fsp3) is 0.250. The van der Waals surface area contributed by atoms with Gasteiger partial charge < -0.3 is 0 Å². The van der Waals surface area contributed by atoms with Gasteiger partial charge in [-0.3, -0.25) is 18.9 Å². The van der Waals surface area contributed by atoms with Crippen LogP contribution in [0.4, 0.5) is 0 Å². The van der Waals surface area contributed by atoms with Crippen molar-refractivity contribution < 1.29 is 18.9 Å². The summed E-state index contributed by atoms with van der Waals surface area (Å²) in [6.45, 7) is 1.51. The van der Waals surface area contributed by atoms with Crippen molar-refractivity contribution in [2.75, 3.05) is 5.75 Å². The molecular weight excluding hydrogens is 843 g/mol. The van der Waals surface area contributed by atoms with Gasteiger partial charge in [0.15, 0.2) is 25.6 Å². The van der Waals surface area contributed by atoms with Gasteiger partial charge in [0.25, 0.3) is 3.25 Å². The minimum Gasteiger partial charge on any atom is -0.298 e. The van der Waals surface area contributed by atoms with Gasteiger partial charge in [-0.05, 0) is 47.8 Å². The fourth-order valence-electron chi connectivity index (χ4n) is 1.07. The van der Waals surface area contributed by atoms with Crippen molar-refractivity contribution in [2.24, 2.45) is 0 Å². The highest BCUT2D eigenvalue weighted by Crippen LogP contribution is 2.68. The summed E-state index contributed by atoms with van der Waals surface area (Å²) in [5.74, 6) is 0.486. The molecule has 0 saturated carbocycles. The van der Waals surface area contributed by atoms with Gasteiger partial charge in [0.2, 0.25) is 0 Å². The molecule has 0 N–H and O–H groups in total. The van der Waals surface area contributed by atoms with Gasteiger partial charge in [0, 0.05) is 64.2 Å².